The van der Waals surface area contributed by atoms with E-state index >= 15 is 0 Å². The van der Waals surface area contributed by atoms with Crippen molar-refractivity contribution in [2.24, 2.45) is 5.92 Å². The Kier molecular flexibility index (Phi) is 7.28. The van der Waals surface area contributed by atoms with Crippen molar-refractivity contribution in [3.63, 3.8) is 0 Å². The Bertz CT molecular complexity index is 444. The molecule has 2 fully saturated rings. The van der Waals surface area contributed by atoms with E-state index in [2.05, 4.69) is 39.6 Å². The highest BCUT2D eigenvalue weighted by atomic mass is 16.5. The first-order valence-corrected chi connectivity index (χ1v) is 10.1. The van der Waals surface area contributed by atoms with Gasteiger partial charge in [-0.2, -0.15) is 0 Å². The van der Waals surface area contributed by atoms with Crippen LogP contribution in [0.1, 0.15) is 45.4 Å². The minimum Gasteiger partial charge on any atom is -0.381 e. The van der Waals surface area contributed by atoms with Crippen molar-refractivity contribution < 1.29 is 4.74 Å². The third-order valence-corrected chi connectivity index (χ3v) is 6.05. The molecule has 6 unspecified atom stereocenters. The minimum atomic E-state index is 0.177. The van der Waals surface area contributed by atoms with E-state index in [4.69, 9.17) is 4.74 Å². The van der Waals surface area contributed by atoms with Crippen LogP contribution in [0.15, 0.2) is 11.6 Å². The fraction of sp³-hybridized carbons (Fsp3) is 0.895. The number of hydrogen-bond donors (Lipinski definition) is 5. The quantitative estimate of drug-likeness (QED) is 0.474. The van der Waals surface area contributed by atoms with Crippen LogP contribution in [-0.2, 0) is 4.74 Å². The van der Waals surface area contributed by atoms with Gasteiger partial charge in [0.25, 0.3) is 0 Å². The molecule has 6 nitrogen and oxygen atoms in total. The van der Waals surface area contributed by atoms with Crippen molar-refractivity contribution in [3.8, 4) is 0 Å². The molecule has 0 aromatic rings. The molecular weight excluding hydrogens is 314 g/mol. The van der Waals surface area contributed by atoms with E-state index in [9.17, 15) is 0 Å². The van der Waals surface area contributed by atoms with Crippen LogP contribution in [0.25, 0.3) is 0 Å². The molecule has 0 aromatic carbocycles. The Balaban J connectivity index is 1.60. The Labute approximate surface area is 152 Å². The highest BCUT2D eigenvalue weighted by molar-refractivity contribution is 5.13. The van der Waals surface area contributed by atoms with Gasteiger partial charge in [-0.05, 0) is 59.0 Å². The van der Waals surface area contributed by atoms with Gasteiger partial charge in [-0.1, -0.05) is 11.6 Å². The maximum absolute atomic E-state index is 5.86. The Morgan fingerprint density at radius 3 is 2.88 bits per heavy atom. The lowest BCUT2D eigenvalue weighted by molar-refractivity contribution is 0.0228. The average Bonchev–Trinajstić information content (AvgIpc) is 2.90. The lowest BCUT2D eigenvalue weighted by Crippen LogP contribution is -2.68. The van der Waals surface area contributed by atoms with E-state index < -0.39 is 0 Å². The van der Waals surface area contributed by atoms with Crippen molar-refractivity contribution >= 4 is 0 Å². The largest absolute Gasteiger partial charge is 0.381 e. The molecule has 6 heteroatoms. The summed E-state index contributed by atoms with van der Waals surface area (Å²) in [6.45, 7) is 4.40. The summed E-state index contributed by atoms with van der Waals surface area (Å²) in [5.74, 6) is 0.553. The molecule has 1 saturated heterocycles. The lowest BCUT2D eigenvalue weighted by Gasteiger charge is -2.42. The van der Waals surface area contributed by atoms with Crippen LogP contribution in [0.5, 0.6) is 0 Å². The van der Waals surface area contributed by atoms with Crippen molar-refractivity contribution in [2.45, 2.75) is 76.1 Å². The first-order valence-electron chi connectivity index (χ1n) is 10.1. The summed E-state index contributed by atoms with van der Waals surface area (Å²) in [5.41, 5.74) is 1.61. The topological polar surface area (TPSA) is 69.4 Å². The fourth-order valence-corrected chi connectivity index (χ4v) is 4.68. The SMILES string of the molecule is CNC1CC(C)NC(NC2CCC(OC)C(C3=CCNCCC3)C2)N1. The van der Waals surface area contributed by atoms with E-state index in [-0.39, 0.29) is 6.29 Å². The Morgan fingerprint density at radius 2 is 2.08 bits per heavy atom. The Hall–Kier alpha value is -0.500. The normalized spacial score (nSPS) is 40.4. The number of methoxy groups -OCH3 is 1. The molecule has 0 bridgehead atoms. The van der Waals surface area contributed by atoms with Gasteiger partial charge >= 0.3 is 0 Å². The smallest absolute Gasteiger partial charge is 0.113 e. The molecule has 144 valence electrons. The fourth-order valence-electron chi connectivity index (χ4n) is 4.68. The molecule has 0 spiro atoms. The number of hydrogen-bond acceptors (Lipinski definition) is 6. The molecule has 0 aromatic heterocycles. The monoisotopic (exact) mass is 351 g/mol. The molecule has 2 aliphatic heterocycles. The molecule has 25 heavy (non-hydrogen) atoms. The zero-order chi connectivity index (χ0) is 17.6. The van der Waals surface area contributed by atoms with E-state index in [0.717, 1.165) is 25.9 Å². The van der Waals surface area contributed by atoms with Crippen molar-refractivity contribution in [1.29, 1.82) is 0 Å². The van der Waals surface area contributed by atoms with E-state index in [1.54, 1.807) is 5.57 Å². The van der Waals surface area contributed by atoms with Crippen LogP contribution in [0.4, 0.5) is 0 Å². The Morgan fingerprint density at radius 1 is 1.20 bits per heavy atom. The second-order valence-electron chi connectivity index (χ2n) is 7.89. The zero-order valence-electron chi connectivity index (χ0n) is 16.1. The maximum Gasteiger partial charge on any atom is 0.113 e. The zero-order valence-corrected chi connectivity index (χ0v) is 16.1. The van der Waals surface area contributed by atoms with Gasteiger partial charge < -0.3 is 15.4 Å². The van der Waals surface area contributed by atoms with Crippen molar-refractivity contribution in [2.75, 3.05) is 27.2 Å². The first kappa shape index (κ1) is 19.3. The second-order valence-corrected chi connectivity index (χ2v) is 7.89. The molecule has 3 rings (SSSR count). The summed E-state index contributed by atoms with van der Waals surface area (Å²) in [6.07, 6.45) is 10.4. The van der Waals surface area contributed by atoms with Gasteiger partial charge in [0.1, 0.15) is 6.29 Å². The average molecular weight is 352 g/mol. The van der Waals surface area contributed by atoms with Crippen LogP contribution >= 0.6 is 0 Å². The highest BCUT2D eigenvalue weighted by Gasteiger charge is 2.34. The number of nitrogens with one attached hydrogen (secondary N) is 5. The highest BCUT2D eigenvalue weighted by Crippen LogP contribution is 2.34. The standard InChI is InChI=1S/C19H37N5O/c1-13-11-18(20-2)24-19(22-13)23-15-6-7-17(25-3)16(12-15)14-5-4-9-21-10-8-14/h8,13,15-24H,4-7,9-12H2,1-3H3. The lowest BCUT2D eigenvalue weighted by atomic mass is 9.77. The summed E-state index contributed by atoms with van der Waals surface area (Å²) in [6, 6.07) is 1.04. The van der Waals surface area contributed by atoms with Gasteiger partial charge in [-0.25, -0.2) is 0 Å². The van der Waals surface area contributed by atoms with Crippen LogP contribution in [-0.4, -0.2) is 57.9 Å². The predicted molar refractivity (Wildman–Crippen MR) is 102 cm³/mol. The van der Waals surface area contributed by atoms with Crippen LogP contribution in [0.3, 0.4) is 0 Å². The third-order valence-electron chi connectivity index (χ3n) is 6.05. The first-order chi connectivity index (χ1) is 12.2. The van der Waals surface area contributed by atoms with Gasteiger partial charge in [-0.3, -0.25) is 16.0 Å². The van der Waals surface area contributed by atoms with Gasteiger partial charge in [0.05, 0.1) is 12.3 Å². The maximum atomic E-state index is 5.86. The molecule has 3 aliphatic rings. The summed E-state index contributed by atoms with van der Waals surface area (Å²) in [5, 5.41) is 17.9. The molecule has 0 radical (unpaired) electrons. The summed E-state index contributed by atoms with van der Waals surface area (Å²) >= 11 is 0. The minimum absolute atomic E-state index is 0.177. The molecular formula is C19H37N5O. The van der Waals surface area contributed by atoms with E-state index in [1.165, 1.54) is 25.7 Å². The second kappa shape index (κ2) is 9.44. The van der Waals surface area contributed by atoms with Gasteiger partial charge in [0.15, 0.2) is 0 Å². The molecule has 1 aliphatic carbocycles. The van der Waals surface area contributed by atoms with Crippen molar-refractivity contribution in [1.82, 2.24) is 26.6 Å². The number of rotatable bonds is 5. The van der Waals surface area contributed by atoms with Gasteiger partial charge in [-0.15, -0.1) is 0 Å². The van der Waals surface area contributed by atoms with Gasteiger partial charge in [0, 0.05) is 31.7 Å². The van der Waals surface area contributed by atoms with Gasteiger partial charge in [0.2, 0.25) is 0 Å². The molecule has 5 N–H and O–H groups in total. The summed E-state index contributed by atoms with van der Waals surface area (Å²) < 4.78 is 5.86. The predicted octanol–water partition coefficient (Wildman–Crippen LogP) is 0.870. The van der Waals surface area contributed by atoms with Crippen LogP contribution in [0, 0.1) is 5.92 Å². The van der Waals surface area contributed by atoms with E-state index in [0.29, 0.717) is 30.3 Å². The van der Waals surface area contributed by atoms with E-state index in [1.807, 2.05) is 14.2 Å². The molecule has 6 atom stereocenters. The van der Waals surface area contributed by atoms with Crippen LogP contribution < -0.4 is 26.6 Å². The summed E-state index contributed by atoms with van der Waals surface area (Å²) in [4.78, 5) is 0. The summed E-state index contributed by atoms with van der Waals surface area (Å²) in [7, 11) is 3.91. The molecule has 2 heterocycles. The molecule has 0 amide bonds. The van der Waals surface area contributed by atoms with Crippen molar-refractivity contribution in [3.05, 3.63) is 11.6 Å². The third kappa shape index (κ3) is 5.25. The molecule has 1 saturated carbocycles. The van der Waals surface area contributed by atoms with Crippen LogP contribution in [0.2, 0.25) is 0 Å². The number of ether oxygens (including phenoxy) is 1.